The molecule has 1 N–H and O–H groups in total. The Hall–Kier alpha value is -3.06. The van der Waals surface area contributed by atoms with Gasteiger partial charge in [-0.15, -0.1) is 0 Å². The highest BCUT2D eigenvalue weighted by atomic mass is 35.5. The predicted octanol–water partition coefficient (Wildman–Crippen LogP) is 3.43. The van der Waals surface area contributed by atoms with Gasteiger partial charge in [0.15, 0.2) is 5.76 Å². The van der Waals surface area contributed by atoms with Crippen LogP contribution in [-0.4, -0.2) is 47.0 Å². The van der Waals surface area contributed by atoms with Crippen LogP contribution in [0.2, 0.25) is 5.02 Å². The molecule has 7 nitrogen and oxygen atoms in total. The average Bonchev–Trinajstić information content (AvgIpc) is 3.24. The first-order chi connectivity index (χ1) is 13.2. The zero-order valence-electron chi connectivity index (χ0n) is 14.5. The van der Waals surface area contributed by atoms with Crippen molar-refractivity contribution < 1.29 is 9.21 Å². The van der Waals surface area contributed by atoms with Gasteiger partial charge in [-0.1, -0.05) is 11.6 Å². The van der Waals surface area contributed by atoms with Gasteiger partial charge in [0.1, 0.15) is 18.0 Å². The molecular weight excluding hydrogens is 366 g/mol. The highest BCUT2D eigenvalue weighted by Crippen LogP contribution is 2.21. The lowest BCUT2D eigenvalue weighted by Crippen LogP contribution is -2.49. The van der Waals surface area contributed by atoms with Crippen LogP contribution in [-0.2, 0) is 0 Å². The van der Waals surface area contributed by atoms with Crippen molar-refractivity contribution in [1.82, 2.24) is 14.9 Å². The molecule has 0 bridgehead atoms. The molecule has 0 saturated carbocycles. The van der Waals surface area contributed by atoms with Gasteiger partial charge in [-0.3, -0.25) is 4.79 Å². The number of nitrogens with one attached hydrogen (secondary N) is 1. The molecule has 1 aliphatic rings. The number of aromatic nitrogens is 2. The molecule has 1 saturated heterocycles. The first-order valence-electron chi connectivity index (χ1n) is 8.61. The molecule has 2 aromatic heterocycles. The van der Waals surface area contributed by atoms with E-state index in [-0.39, 0.29) is 5.91 Å². The summed E-state index contributed by atoms with van der Waals surface area (Å²) in [5, 5.41) is 3.93. The number of benzene rings is 1. The van der Waals surface area contributed by atoms with E-state index in [1.165, 1.54) is 12.6 Å². The van der Waals surface area contributed by atoms with Crippen molar-refractivity contribution in [3.63, 3.8) is 0 Å². The SMILES string of the molecule is O=C(c1ccco1)N1CCN(c2cc(Nc3ccc(Cl)cc3)ncn2)CC1. The Morgan fingerprint density at radius 1 is 1.07 bits per heavy atom. The molecule has 0 spiro atoms. The van der Waals surface area contributed by atoms with E-state index >= 15 is 0 Å². The smallest absolute Gasteiger partial charge is 0.289 e. The maximum atomic E-state index is 12.4. The molecule has 27 heavy (non-hydrogen) atoms. The van der Waals surface area contributed by atoms with Gasteiger partial charge in [-0.05, 0) is 36.4 Å². The van der Waals surface area contributed by atoms with E-state index in [0.717, 1.165) is 11.5 Å². The molecule has 0 atom stereocenters. The summed E-state index contributed by atoms with van der Waals surface area (Å²) in [6.07, 6.45) is 3.05. The number of hydrogen-bond acceptors (Lipinski definition) is 6. The topological polar surface area (TPSA) is 74.5 Å². The standard InChI is InChI=1S/C19H18ClN5O2/c20-14-3-5-15(6-4-14)23-17-12-18(22-13-21-17)24-7-9-25(10-8-24)19(26)16-2-1-11-27-16/h1-6,11-13H,7-10H2,(H,21,22,23). The lowest BCUT2D eigenvalue weighted by molar-refractivity contribution is 0.0714. The summed E-state index contributed by atoms with van der Waals surface area (Å²) in [5.74, 6) is 1.83. The van der Waals surface area contributed by atoms with Crippen LogP contribution in [0.25, 0.3) is 0 Å². The Balaban J connectivity index is 1.40. The molecule has 4 rings (SSSR count). The van der Waals surface area contributed by atoms with Gasteiger partial charge in [0.25, 0.3) is 5.91 Å². The van der Waals surface area contributed by atoms with Crippen LogP contribution in [0.5, 0.6) is 0 Å². The number of nitrogens with zero attached hydrogens (tertiary/aromatic N) is 4. The molecule has 1 aliphatic heterocycles. The minimum absolute atomic E-state index is 0.0765. The van der Waals surface area contributed by atoms with Gasteiger partial charge in [0.05, 0.1) is 6.26 Å². The normalized spacial score (nSPS) is 14.3. The molecular formula is C19H18ClN5O2. The summed E-state index contributed by atoms with van der Waals surface area (Å²) < 4.78 is 5.20. The fourth-order valence-electron chi connectivity index (χ4n) is 2.96. The number of piperazine rings is 1. The van der Waals surface area contributed by atoms with Crippen molar-refractivity contribution in [2.24, 2.45) is 0 Å². The summed E-state index contributed by atoms with van der Waals surface area (Å²) in [6.45, 7) is 2.63. The molecule has 0 radical (unpaired) electrons. The Bertz CT molecular complexity index is 906. The van der Waals surface area contributed by atoms with Crippen LogP contribution >= 0.6 is 11.6 Å². The van der Waals surface area contributed by atoms with Gasteiger partial charge < -0.3 is 19.5 Å². The number of rotatable bonds is 4. The van der Waals surface area contributed by atoms with Crippen molar-refractivity contribution in [2.45, 2.75) is 0 Å². The zero-order valence-corrected chi connectivity index (χ0v) is 15.3. The van der Waals surface area contributed by atoms with Crippen LogP contribution in [0.4, 0.5) is 17.3 Å². The van der Waals surface area contributed by atoms with Crippen molar-refractivity contribution in [1.29, 1.82) is 0 Å². The first kappa shape index (κ1) is 17.4. The number of hydrogen-bond donors (Lipinski definition) is 1. The molecule has 138 valence electrons. The van der Waals surface area contributed by atoms with Gasteiger partial charge >= 0.3 is 0 Å². The fraction of sp³-hybridized carbons (Fsp3) is 0.211. The van der Waals surface area contributed by atoms with Gasteiger partial charge in [0, 0.05) is 43.0 Å². The first-order valence-corrected chi connectivity index (χ1v) is 8.99. The second kappa shape index (κ2) is 7.67. The Kier molecular flexibility index (Phi) is 4.93. The Labute approximate surface area is 161 Å². The monoisotopic (exact) mass is 383 g/mol. The maximum Gasteiger partial charge on any atom is 0.289 e. The highest BCUT2D eigenvalue weighted by molar-refractivity contribution is 6.30. The summed E-state index contributed by atoms with van der Waals surface area (Å²) >= 11 is 5.91. The second-order valence-corrected chi connectivity index (χ2v) is 6.59. The van der Waals surface area contributed by atoms with Crippen LogP contribution < -0.4 is 10.2 Å². The average molecular weight is 384 g/mol. The van der Waals surface area contributed by atoms with E-state index in [1.807, 2.05) is 30.3 Å². The highest BCUT2D eigenvalue weighted by Gasteiger charge is 2.24. The van der Waals surface area contributed by atoms with E-state index in [0.29, 0.717) is 42.8 Å². The minimum Gasteiger partial charge on any atom is -0.459 e. The number of carbonyl (C=O) groups is 1. The third kappa shape index (κ3) is 4.03. The third-order valence-electron chi connectivity index (χ3n) is 4.39. The van der Waals surface area contributed by atoms with E-state index in [9.17, 15) is 4.79 Å². The van der Waals surface area contributed by atoms with Crippen molar-refractivity contribution in [3.05, 3.63) is 65.8 Å². The third-order valence-corrected chi connectivity index (χ3v) is 4.64. The predicted molar refractivity (Wildman–Crippen MR) is 104 cm³/mol. The van der Waals surface area contributed by atoms with Gasteiger partial charge in [-0.25, -0.2) is 9.97 Å². The quantitative estimate of drug-likeness (QED) is 0.744. The van der Waals surface area contributed by atoms with Crippen LogP contribution in [0.1, 0.15) is 10.6 Å². The molecule has 3 heterocycles. The van der Waals surface area contributed by atoms with Crippen molar-refractivity contribution in [3.8, 4) is 0 Å². The van der Waals surface area contributed by atoms with Crippen LogP contribution in [0.3, 0.4) is 0 Å². The number of carbonyl (C=O) groups excluding carboxylic acids is 1. The van der Waals surface area contributed by atoms with E-state index in [1.54, 1.807) is 17.0 Å². The molecule has 8 heteroatoms. The molecule has 1 aromatic carbocycles. The Morgan fingerprint density at radius 2 is 1.85 bits per heavy atom. The zero-order chi connectivity index (χ0) is 18.6. The van der Waals surface area contributed by atoms with Gasteiger partial charge in [-0.2, -0.15) is 0 Å². The minimum atomic E-state index is -0.0765. The molecule has 3 aromatic rings. The number of halogens is 1. The van der Waals surface area contributed by atoms with Crippen molar-refractivity contribution >= 4 is 34.8 Å². The van der Waals surface area contributed by atoms with E-state index in [4.69, 9.17) is 16.0 Å². The largest absolute Gasteiger partial charge is 0.459 e. The van der Waals surface area contributed by atoms with E-state index in [2.05, 4.69) is 20.2 Å². The van der Waals surface area contributed by atoms with Crippen LogP contribution in [0.15, 0.2) is 59.5 Å². The number of anilines is 3. The molecule has 1 fully saturated rings. The summed E-state index contributed by atoms with van der Waals surface area (Å²) in [7, 11) is 0. The summed E-state index contributed by atoms with van der Waals surface area (Å²) in [4.78, 5) is 24.9. The van der Waals surface area contributed by atoms with Crippen molar-refractivity contribution in [2.75, 3.05) is 36.4 Å². The fourth-order valence-corrected chi connectivity index (χ4v) is 3.09. The van der Waals surface area contributed by atoms with E-state index < -0.39 is 0 Å². The second-order valence-electron chi connectivity index (χ2n) is 6.15. The lowest BCUT2D eigenvalue weighted by Gasteiger charge is -2.35. The molecule has 0 unspecified atom stereocenters. The summed E-state index contributed by atoms with van der Waals surface area (Å²) in [5.41, 5.74) is 0.901. The Morgan fingerprint density at radius 3 is 2.56 bits per heavy atom. The number of amides is 1. The molecule has 1 amide bonds. The molecule has 0 aliphatic carbocycles. The maximum absolute atomic E-state index is 12.4. The van der Waals surface area contributed by atoms with Gasteiger partial charge in [0.2, 0.25) is 0 Å². The summed E-state index contributed by atoms with van der Waals surface area (Å²) in [6, 6.07) is 12.7. The van der Waals surface area contributed by atoms with Crippen LogP contribution in [0, 0.1) is 0 Å². The lowest BCUT2D eigenvalue weighted by atomic mass is 10.2. The number of furan rings is 1.